The summed E-state index contributed by atoms with van der Waals surface area (Å²) in [7, 11) is 0. The van der Waals surface area contributed by atoms with Crippen LogP contribution in [0.15, 0.2) is 97.1 Å². The van der Waals surface area contributed by atoms with Crippen molar-refractivity contribution in [3.05, 3.63) is 108 Å². The number of carbonyl (C=O) groups excluding carboxylic acids is 2. The Morgan fingerprint density at radius 1 is 0.706 bits per heavy atom. The molecular formula is C30H19NO3. The first-order valence-corrected chi connectivity index (χ1v) is 11.2. The van der Waals surface area contributed by atoms with E-state index in [0.29, 0.717) is 0 Å². The topological polar surface area (TPSA) is 67.2 Å². The highest BCUT2D eigenvalue weighted by atomic mass is 16.6. The molecule has 6 rings (SSSR count). The van der Waals surface area contributed by atoms with Gasteiger partial charge in [-0.25, -0.2) is 4.79 Å². The summed E-state index contributed by atoms with van der Waals surface area (Å²) < 4.78 is 5.00. The molecular weight excluding hydrogens is 422 g/mol. The van der Waals surface area contributed by atoms with Gasteiger partial charge in [-0.3, -0.25) is 4.79 Å². The molecule has 34 heavy (non-hydrogen) atoms. The second kappa shape index (κ2) is 7.54. The van der Waals surface area contributed by atoms with Crippen LogP contribution in [-0.4, -0.2) is 11.9 Å². The van der Waals surface area contributed by atoms with Crippen LogP contribution in [0, 0.1) is 16.7 Å². The maximum Gasteiger partial charge on any atom is 0.335 e. The molecule has 0 radical (unpaired) electrons. The molecule has 0 saturated carbocycles. The van der Waals surface area contributed by atoms with Gasteiger partial charge in [-0.05, 0) is 43.4 Å². The van der Waals surface area contributed by atoms with E-state index < -0.39 is 23.3 Å². The molecule has 5 aromatic rings. The Labute approximate surface area is 196 Å². The first-order chi connectivity index (χ1) is 16.6. The molecule has 0 aliphatic carbocycles. The van der Waals surface area contributed by atoms with Gasteiger partial charge < -0.3 is 4.74 Å². The Hall–Kier alpha value is -4.49. The van der Waals surface area contributed by atoms with Gasteiger partial charge >= 0.3 is 11.9 Å². The van der Waals surface area contributed by atoms with Crippen LogP contribution in [0.25, 0.3) is 32.3 Å². The molecule has 0 aromatic heterocycles. The zero-order chi connectivity index (χ0) is 23.3. The molecule has 0 unspecified atom stereocenters. The van der Waals surface area contributed by atoms with Crippen LogP contribution in [0.1, 0.15) is 23.5 Å². The van der Waals surface area contributed by atoms with Gasteiger partial charge in [0, 0.05) is 5.92 Å². The Morgan fingerprint density at radius 3 is 2.00 bits per heavy atom. The van der Waals surface area contributed by atoms with E-state index in [2.05, 4.69) is 24.3 Å². The molecule has 162 valence electrons. The summed E-state index contributed by atoms with van der Waals surface area (Å²) in [5.74, 6) is -2.14. The number of carbonyl (C=O) groups is 2. The van der Waals surface area contributed by atoms with Crippen molar-refractivity contribution in [3.63, 3.8) is 0 Å². The van der Waals surface area contributed by atoms with Gasteiger partial charge in [0.15, 0.2) is 5.41 Å². The normalized spacial score (nSPS) is 18.8. The number of hydrogen-bond acceptors (Lipinski definition) is 4. The third-order valence-electron chi connectivity index (χ3n) is 6.93. The lowest BCUT2D eigenvalue weighted by atomic mass is 9.66. The van der Waals surface area contributed by atoms with Crippen molar-refractivity contribution in [2.45, 2.75) is 12.3 Å². The summed E-state index contributed by atoms with van der Waals surface area (Å²) in [5, 5.41) is 16.5. The minimum atomic E-state index is -1.66. The van der Waals surface area contributed by atoms with E-state index in [1.807, 2.05) is 78.9 Å². The summed E-state index contributed by atoms with van der Waals surface area (Å²) in [6.45, 7) is 0. The van der Waals surface area contributed by atoms with Gasteiger partial charge in [0.1, 0.15) is 0 Å². The van der Waals surface area contributed by atoms with E-state index in [-0.39, 0.29) is 6.42 Å². The number of hydrogen-bond donors (Lipinski definition) is 0. The molecule has 1 heterocycles. The molecule has 1 saturated heterocycles. The fraction of sp³-hybridized carbons (Fsp3) is 0.100. The lowest BCUT2D eigenvalue weighted by Gasteiger charge is -2.30. The van der Waals surface area contributed by atoms with Crippen molar-refractivity contribution in [1.29, 1.82) is 5.26 Å². The predicted octanol–water partition coefficient (Wildman–Crippen LogP) is 6.26. The number of nitrogens with zero attached hydrogens (tertiary/aromatic N) is 1. The predicted molar refractivity (Wildman–Crippen MR) is 131 cm³/mol. The second-order valence-electron chi connectivity index (χ2n) is 8.75. The van der Waals surface area contributed by atoms with E-state index in [0.717, 1.165) is 43.4 Å². The Kier molecular flexibility index (Phi) is 4.46. The molecule has 0 spiro atoms. The van der Waals surface area contributed by atoms with Crippen molar-refractivity contribution < 1.29 is 14.3 Å². The lowest BCUT2D eigenvalue weighted by Crippen LogP contribution is -2.33. The fourth-order valence-electron chi connectivity index (χ4n) is 5.43. The standard InChI is InChI=1S/C30H19NO3/c31-18-30(17-26(32)34-29(30)33)28(24-13-5-9-19-7-1-3-11-22(19)24)25-14-6-10-21-16-15-20-8-2-4-12-23(20)27(21)25/h1-16,28H,17H2/t28-,30+/m1/s1. The minimum Gasteiger partial charge on any atom is -0.392 e. The van der Waals surface area contributed by atoms with Crippen molar-refractivity contribution in [2.24, 2.45) is 5.41 Å². The fourth-order valence-corrected chi connectivity index (χ4v) is 5.43. The van der Waals surface area contributed by atoms with Gasteiger partial charge in [0.2, 0.25) is 0 Å². The lowest BCUT2D eigenvalue weighted by molar-refractivity contribution is -0.154. The number of benzene rings is 5. The molecule has 1 aliphatic rings. The molecule has 4 heteroatoms. The number of nitriles is 1. The number of esters is 2. The molecule has 1 fully saturated rings. The second-order valence-corrected chi connectivity index (χ2v) is 8.75. The molecule has 0 N–H and O–H groups in total. The van der Waals surface area contributed by atoms with E-state index >= 15 is 0 Å². The van der Waals surface area contributed by atoms with E-state index in [1.165, 1.54) is 0 Å². The van der Waals surface area contributed by atoms with Gasteiger partial charge in [0.25, 0.3) is 0 Å². The minimum absolute atomic E-state index is 0.280. The average molecular weight is 441 g/mol. The highest BCUT2D eigenvalue weighted by Gasteiger charge is 2.57. The number of ether oxygens (including phenoxy) is 1. The summed E-state index contributed by atoms with van der Waals surface area (Å²) in [5.41, 5.74) is -0.00233. The third kappa shape index (κ3) is 2.84. The summed E-state index contributed by atoms with van der Waals surface area (Å²) >= 11 is 0. The zero-order valence-electron chi connectivity index (χ0n) is 18.2. The van der Waals surface area contributed by atoms with Crippen LogP contribution >= 0.6 is 0 Å². The van der Waals surface area contributed by atoms with E-state index in [4.69, 9.17) is 4.74 Å². The third-order valence-corrected chi connectivity index (χ3v) is 6.93. The van der Waals surface area contributed by atoms with Crippen LogP contribution in [0.3, 0.4) is 0 Å². The molecule has 1 aliphatic heterocycles. The highest BCUT2D eigenvalue weighted by molar-refractivity contribution is 6.10. The zero-order valence-corrected chi connectivity index (χ0v) is 18.2. The van der Waals surface area contributed by atoms with E-state index in [1.54, 1.807) is 0 Å². The smallest absolute Gasteiger partial charge is 0.335 e. The van der Waals surface area contributed by atoms with Crippen molar-refractivity contribution in [1.82, 2.24) is 0 Å². The maximum absolute atomic E-state index is 13.2. The largest absolute Gasteiger partial charge is 0.392 e. The molecule has 0 bridgehead atoms. The average Bonchev–Trinajstić information content (AvgIpc) is 3.17. The van der Waals surface area contributed by atoms with Crippen molar-refractivity contribution in [3.8, 4) is 6.07 Å². The van der Waals surface area contributed by atoms with Crippen molar-refractivity contribution >= 4 is 44.3 Å². The van der Waals surface area contributed by atoms with E-state index in [9.17, 15) is 14.9 Å². The molecule has 5 aromatic carbocycles. The Morgan fingerprint density at radius 2 is 1.29 bits per heavy atom. The molecule has 2 atom stereocenters. The summed E-state index contributed by atoms with van der Waals surface area (Å²) in [6, 6.07) is 34.2. The monoisotopic (exact) mass is 441 g/mol. The van der Waals surface area contributed by atoms with Crippen LogP contribution < -0.4 is 0 Å². The molecule has 4 nitrogen and oxygen atoms in total. The number of rotatable bonds is 3. The number of fused-ring (bicyclic) bond motifs is 4. The number of cyclic esters (lactones) is 2. The van der Waals surface area contributed by atoms with Gasteiger partial charge in [-0.15, -0.1) is 0 Å². The van der Waals surface area contributed by atoms with Gasteiger partial charge in [-0.1, -0.05) is 97.1 Å². The highest BCUT2D eigenvalue weighted by Crippen LogP contribution is 2.51. The van der Waals surface area contributed by atoms with Crippen LogP contribution in [-0.2, 0) is 14.3 Å². The first-order valence-electron chi connectivity index (χ1n) is 11.2. The maximum atomic E-state index is 13.2. The SMILES string of the molecule is N#C[C@]1([C@H](c2cccc3ccccc23)c2cccc3ccc4ccccc4c23)CC(=O)OC1=O. The first kappa shape index (κ1) is 20.1. The Bertz CT molecular complexity index is 1670. The quantitative estimate of drug-likeness (QED) is 0.188. The van der Waals surface area contributed by atoms with Crippen LogP contribution in [0.4, 0.5) is 0 Å². The van der Waals surface area contributed by atoms with Gasteiger partial charge in [-0.2, -0.15) is 5.26 Å². The summed E-state index contributed by atoms with van der Waals surface area (Å²) in [4.78, 5) is 25.5. The van der Waals surface area contributed by atoms with Crippen LogP contribution in [0.5, 0.6) is 0 Å². The summed E-state index contributed by atoms with van der Waals surface area (Å²) in [6.07, 6.45) is -0.280. The Balaban J connectivity index is 1.78. The molecule has 0 amide bonds. The van der Waals surface area contributed by atoms with Gasteiger partial charge in [0.05, 0.1) is 12.5 Å². The van der Waals surface area contributed by atoms with Crippen molar-refractivity contribution in [2.75, 3.05) is 0 Å². The van der Waals surface area contributed by atoms with Crippen LogP contribution in [0.2, 0.25) is 0 Å².